The van der Waals surface area contributed by atoms with Crippen LogP contribution in [0, 0.1) is 0 Å². The zero-order valence-electron chi connectivity index (χ0n) is 9.49. The van der Waals surface area contributed by atoms with E-state index in [4.69, 9.17) is 15.7 Å². The van der Waals surface area contributed by atoms with Gasteiger partial charge in [-0.05, 0) is 22.4 Å². The molecule has 0 radical (unpaired) electrons. The molecule has 0 spiro atoms. The number of aromatic nitrogens is 2. The van der Waals surface area contributed by atoms with Crippen LogP contribution in [0.5, 0.6) is 5.75 Å². The van der Waals surface area contributed by atoms with Crippen molar-refractivity contribution in [2.24, 2.45) is 4.99 Å². The fourth-order valence-electron chi connectivity index (χ4n) is 1.33. The minimum atomic E-state index is 0.0123. The van der Waals surface area contributed by atoms with Crippen LogP contribution < -0.4 is 16.0 Å². The van der Waals surface area contributed by atoms with Crippen molar-refractivity contribution in [2.75, 3.05) is 12.8 Å². The van der Waals surface area contributed by atoms with Crippen LogP contribution in [-0.4, -0.2) is 28.5 Å². The average Bonchev–Trinajstić information content (AvgIpc) is 2.82. The number of aliphatic imine (C=N–C) groups is 1. The summed E-state index contributed by atoms with van der Waals surface area (Å²) < 4.78 is 9.57. The minimum absolute atomic E-state index is 0.0123. The topological polar surface area (TPSA) is 119 Å². The van der Waals surface area contributed by atoms with Crippen LogP contribution in [0.2, 0.25) is 0 Å². The van der Waals surface area contributed by atoms with Crippen LogP contribution in [-0.2, 0) is 0 Å². The van der Waals surface area contributed by atoms with Crippen LogP contribution in [0.3, 0.4) is 0 Å². The van der Waals surface area contributed by atoms with Crippen molar-refractivity contribution in [3.05, 3.63) is 30.0 Å². The largest absolute Gasteiger partial charge is 0.494 e. The van der Waals surface area contributed by atoms with Gasteiger partial charge >= 0.3 is 0 Å². The number of hydrogen-bond donors (Lipinski definition) is 3. The van der Waals surface area contributed by atoms with Gasteiger partial charge in [-0.1, -0.05) is 12.1 Å². The highest BCUT2D eigenvalue weighted by atomic mass is 16.6. The summed E-state index contributed by atoms with van der Waals surface area (Å²) in [6.45, 7) is 0. The summed E-state index contributed by atoms with van der Waals surface area (Å²) in [5, 5.41) is 16.0. The molecule has 0 aliphatic rings. The van der Waals surface area contributed by atoms with Crippen molar-refractivity contribution in [3.63, 3.8) is 0 Å². The van der Waals surface area contributed by atoms with E-state index in [1.54, 1.807) is 24.3 Å². The van der Waals surface area contributed by atoms with E-state index >= 15 is 0 Å². The van der Waals surface area contributed by atoms with Crippen molar-refractivity contribution < 1.29 is 14.6 Å². The molecule has 0 atom stereocenters. The molecule has 0 saturated carbocycles. The molecule has 0 bridgehead atoms. The zero-order chi connectivity index (χ0) is 13.0. The average molecular weight is 249 g/mol. The number of para-hydroxylation sites is 2. The van der Waals surface area contributed by atoms with Gasteiger partial charge in [0.1, 0.15) is 11.4 Å². The van der Waals surface area contributed by atoms with Crippen molar-refractivity contribution in [2.45, 2.75) is 0 Å². The number of nitrogens with two attached hydrogens (primary N) is 1. The van der Waals surface area contributed by atoms with E-state index in [0.29, 0.717) is 11.4 Å². The number of methoxy groups -OCH3 is 1. The molecule has 18 heavy (non-hydrogen) atoms. The van der Waals surface area contributed by atoms with E-state index in [1.807, 2.05) is 5.48 Å². The summed E-state index contributed by atoms with van der Waals surface area (Å²) in [5.74, 6) is 0.573. The number of nitrogen functional groups attached to an aromatic ring is 1. The SMILES string of the molecule is COc1ccccc1N=C(NO)c1nonc1N. The number of anilines is 1. The van der Waals surface area contributed by atoms with Crippen molar-refractivity contribution in [3.8, 4) is 5.75 Å². The molecule has 0 unspecified atom stereocenters. The predicted octanol–water partition coefficient (Wildman–Crippen LogP) is 0.717. The van der Waals surface area contributed by atoms with Gasteiger partial charge in [-0.3, -0.25) is 10.7 Å². The smallest absolute Gasteiger partial charge is 0.199 e. The number of ether oxygens (including phenoxy) is 1. The Kier molecular flexibility index (Phi) is 3.39. The van der Waals surface area contributed by atoms with Gasteiger partial charge < -0.3 is 10.5 Å². The number of nitrogens with one attached hydrogen (secondary N) is 1. The first-order chi connectivity index (χ1) is 8.76. The van der Waals surface area contributed by atoms with E-state index in [2.05, 4.69) is 19.9 Å². The molecule has 8 nitrogen and oxygen atoms in total. The van der Waals surface area contributed by atoms with E-state index in [1.165, 1.54) is 7.11 Å². The van der Waals surface area contributed by atoms with Crippen LogP contribution in [0.15, 0.2) is 33.9 Å². The number of nitrogens with zero attached hydrogens (tertiary/aromatic N) is 3. The molecule has 1 heterocycles. The van der Waals surface area contributed by atoms with E-state index in [-0.39, 0.29) is 17.3 Å². The molecule has 2 aromatic rings. The molecule has 0 saturated heterocycles. The Morgan fingerprint density at radius 2 is 2.22 bits per heavy atom. The molecule has 4 N–H and O–H groups in total. The summed E-state index contributed by atoms with van der Waals surface area (Å²) in [5.41, 5.74) is 8.02. The quantitative estimate of drug-likeness (QED) is 0.416. The third kappa shape index (κ3) is 2.23. The van der Waals surface area contributed by atoms with Gasteiger partial charge in [0, 0.05) is 0 Å². The number of amidine groups is 1. The van der Waals surface area contributed by atoms with Gasteiger partial charge in [-0.25, -0.2) is 9.62 Å². The molecule has 94 valence electrons. The van der Waals surface area contributed by atoms with Gasteiger partial charge in [0.25, 0.3) is 0 Å². The molecule has 0 aliphatic carbocycles. The van der Waals surface area contributed by atoms with E-state index < -0.39 is 0 Å². The lowest BCUT2D eigenvalue weighted by molar-refractivity contribution is 0.234. The molecule has 0 fully saturated rings. The Hall–Kier alpha value is -2.61. The van der Waals surface area contributed by atoms with Crippen LogP contribution in [0.1, 0.15) is 5.69 Å². The fourth-order valence-corrected chi connectivity index (χ4v) is 1.33. The van der Waals surface area contributed by atoms with E-state index in [9.17, 15) is 0 Å². The Balaban J connectivity index is 2.44. The number of hydrogen-bond acceptors (Lipinski definition) is 7. The minimum Gasteiger partial charge on any atom is -0.494 e. The van der Waals surface area contributed by atoms with Crippen molar-refractivity contribution in [1.29, 1.82) is 0 Å². The van der Waals surface area contributed by atoms with Crippen molar-refractivity contribution in [1.82, 2.24) is 15.8 Å². The Morgan fingerprint density at radius 1 is 1.44 bits per heavy atom. The summed E-state index contributed by atoms with van der Waals surface area (Å²) in [4.78, 5) is 4.14. The first kappa shape index (κ1) is 11.9. The third-order valence-corrected chi connectivity index (χ3v) is 2.16. The molecule has 2 rings (SSSR count). The standard InChI is InChI=1S/C10H11N5O3/c1-17-7-5-3-2-4-6(7)12-10(13-16)8-9(11)15-18-14-8/h2-5,16H,1H3,(H2,11,15)(H,12,13). The van der Waals surface area contributed by atoms with Gasteiger partial charge in [0.15, 0.2) is 17.3 Å². The number of hydroxylamine groups is 1. The maximum absolute atomic E-state index is 9.06. The van der Waals surface area contributed by atoms with E-state index in [0.717, 1.165) is 0 Å². The summed E-state index contributed by atoms with van der Waals surface area (Å²) in [6.07, 6.45) is 0. The summed E-state index contributed by atoms with van der Waals surface area (Å²) in [7, 11) is 1.52. The lowest BCUT2D eigenvalue weighted by atomic mass is 10.3. The molecule has 1 aromatic heterocycles. The van der Waals surface area contributed by atoms with Gasteiger partial charge in [0.2, 0.25) is 0 Å². The molecule has 1 aromatic carbocycles. The summed E-state index contributed by atoms with van der Waals surface area (Å²) in [6, 6.07) is 7.02. The predicted molar refractivity (Wildman–Crippen MR) is 62.8 cm³/mol. The molecule has 8 heteroatoms. The number of benzene rings is 1. The lowest BCUT2D eigenvalue weighted by Crippen LogP contribution is -2.21. The summed E-state index contributed by atoms with van der Waals surface area (Å²) >= 11 is 0. The molecule has 0 amide bonds. The van der Waals surface area contributed by atoms with Crippen LogP contribution >= 0.6 is 0 Å². The molecule has 0 aliphatic heterocycles. The van der Waals surface area contributed by atoms with Gasteiger partial charge in [-0.15, -0.1) is 0 Å². The molecular weight excluding hydrogens is 238 g/mol. The van der Waals surface area contributed by atoms with Gasteiger partial charge in [0.05, 0.1) is 7.11 Å². The number of rotatable bonds is 3. The first-order valence-electron chi connectivity index (χ1n) is 4.96. The highest BCUT2D eigenvalue weighted by molar-refractivity contribution is 6.01. The molecular formula is C10H11N5O3. The Morgan fingerprint density at radius 3 is 2.83 bits per heavy atom. The van der Waals surface area contributed by atoms with Crippen LogP contribution in [0.4, 0.5) is 11.5 Å². The van der Waals surface area contributed by atoms with Crippen LogP contribution in [0.25, 0.3) is 0 Å². The highest BCUT2D eigenvalue weighted by Crippen LogP contribution is 2.27. The normalized spacial score (nSPS) is 11.3. The Bertz CT molecular complexity index is 566. The maximum Gasteiger partial charge on any atom is 0.199 e. The highest BCUT2D eigenvalue weighted by Gasteiger charge is 2.14. The second-order valence-corrected chi connectivity index (χ2v) is 3.24. The maximum atomic E-state index is 9.06. The zero-order valence-corrected chi connectivity index (χ0v) is 9.49. The van der Waals surface area contributed by atoms with Crippen molar-refractivity contribution >= 4 is 17.3 Å². The lowest BCUT2D eigenvalue weighted by Gasteiger charge is -2.05. The monoisotopic (exact) mass is 249 g/mol. The third-order valence-electron chi connectivity index (χ3n) is 2.16. The Labute approximate surface area is 102 Å². The second-order valence-electron chi connectivity index (χ2n) is 3.24. The second kappa shape index (κ2) is 5.15. The fraction of sp³-hybridized carbons (Fsp3) is 0.100. The first-order valence-corrected chi connectivity index (χ1v) is 4.96. The van der Waals surface area contributed by atoms with Gasteiger partial charge in [-0.2, -0.15) is 0 Å².